The molecule has 14 heavy (non-hydrogen) atoms. The Morgan fingerprint density at radius 3 is 2.79 bits per heavy atom. The normalized spacial score (nSPS) is 9.50. The lowest BCUT2D eigenvalue weighted by Gasteiger charge is -2.03. The molecule has 1 aromatic rings. The summed E-state index contributed by atoms with van der Waals surface area (Å²) in [6.45, 7) is 0. The third kappa shape index (κ3) is 1.68. The van der Waals surface area contributed by atoms with Crippen LogP contribution in [0.15, 0.2) is 12.1 Å². The number of aromatic hydroxyl groups is 1. The van der Waals surface area contributed by atoms with Gasteiger partial charge in [-0.05, 0) is 12.1 Å². The van der Waals surface area contributed by atoms with Gasteiger partial charge in [-0.3, -0.25) is 4.79 Å². The smallest absolute Gasteiger partial charge is 0.181 e. The summed E-state index contributed by atoms with van der Waals surface area (Å²) >= 11 is 5.26. The molecule has 0 fully saturated rings. The van der Waals surface area contributed by atoms with Gasteiger partial charge in [-0.1, -0.05) is 0 Å². The number of phenolic OH excluding ortho intramolecular Hbond substituents is 1. The van der Waals surface area contributed by atoms with Gasteiger partial charge in [0.05, 0.1) is 11.4 Å². The van der Waals surface area contributed by atoms with Crippen molar-refractivity contribution >= 4 is 17.4 Å². The van der Waals surface area contributed by atoms with Gasteiger partial charge < -0.3 is 5.11 Å². The summed E-state index contributed by atoms with van der Waals surface area (Å²) in [6.07, 6.45) is 0. The van der Waals surface area contributed by atoms with Gasteiger partial charge in [0.1, 0.15) is 23.2 Å². The molecule has 0 heterocycles. The number of hydrogen-bond donors (Lipinski definition) is 1. The van der Waals surface area contributed by atoms with E-state index in [1.54, 1.807) is 0 Å². The van der Waals surface area contributed by atoms with Crippen LogP contribution in [0.1, 0.15) is 15.9 Å². The minimum Gasteiger partial charge on any atom is -0.506 e. The van der Waals surface area contributed by atoms with Gasteiger partial charge >= 0.3 is 0 Å². The molecule has 0 aromatic heterocycles. The van der Waals surface area contributed by atoms with Crippen molar-refractivity contribution in [2.45, 2.75) is 0 Å². The van der Waals surface area contributed by atoms with Gasteiger partial charge in [0.25, 0.3) is 0 Å². The Balaban J connectivity index is 3.37. The van der Waals surface area contributed by atoms with Crippen LogP contribution in [-0.2, 0) is 0 Å². The van der Waals surface area contributed by atoms with E-state index in [4.69, 9.17) is 16.9 Å². The summed E-state index contributed by atoms with van der Waals surface area (Å²) < 4.78 is 12.9. The molecule has 72 valence electrons. The number of nitriles is 1. The minimum absolute atomic E-state index is 0.141. The molecule has 5 heteroatoms. The van der Waals surface area contributed by atoms with E-state index in [-0.39, 0.29) is 11.4 Å². The predicted molar refractivity (Wildman–Crippen MR) is 47.8 cm³/mol. The zero-order valence-electron chi connectivity index (χ0n) is 6.92. The number of Topliss-reactive ketones (excluding diaryl/α,β-unsaturated/α-hetero) is 1. The second-order valence-corrected chi connectivity index (χ2v) is 2.75. The summed E-state index contributed by atoms with van der Waals surface area (Å²) in [5, 5.41) is 17.8. The first-order valence-corrected chi connectivity index (χ1v) is 4.16. The molecular formula is C9H5ClFNO2. The predicted octanol–water partition coefficient (Wildman–Crippen LogP) is 1.82. The van der Waals surface area contributed by atoms with Crippen LogP contribution >= 0.6 is 11.6 Å². The van der Waals surface area contributed by atoms with E-state index in [1.807, 2.05) is 0 Å². The lowest BCUT2D eigenvalue weighted by atomic mass is 10.1. The number of carbonyl (C=O) groups is 1. The Kier molecular flexibility index (Phi) is 3.05. The Morgan fingerprint density at radius 2 is 2.29 bits per heavy atom. The van der Waals surface area contributed by atoms with E-state index >= 15 is 0 Å². The molecule has 0 amide bonds. The molecule has 0 unspecified atom stereocenters. The van der Waals surface area contributed by atoms with E-state index in [2.05, 4.69) is 0 Å². The molecule has 1 rings (SSSR count). The first kappa shape index (κ1) is 10.5. The first-order valence-electron chi connectivity index (χ1n) is 3.62. The van der Waals surface area contributed by atoms with Crippen LogP contribution in [0.2, 0.25) is 0 Å². The molecule has 0 atom stereocenters. The number of phenols is 1. The number of benzene rings is 1. The Morgan fingerprint density at radius 1 is 1.64 bits per heavy atom. The van der Waals surface area contributed by atoms with Gasteiger partial charge in [0.2, 0.25) is 0 Å². The minimum atomic E-state index is -0.865. The quantitative estimate of drug-likeness (QED) is 0.602. The van der Waals surface area contributed by atoms with Gasteiger partial charge in [0, 0.05) is 0 Å². The number of carbonyl (C=O) groups excluding carboxylic acids is 1. The van der Waals surface area contributed by atoms with E-state index in [0.717, 1.165) is 12.1 Å². The molecular weight excluding hydrogens is 209 g/mol. The maximum atomic E-state index is 12.9. The monoisotopic (exact) mass is 213 g/mol. The zero-order chi connectivity index (χ0) is 10.7. The maximum Gasteiger partial charge on any atom is 0.181 e. The lowest BCUT2D eigenvalue weighted by molar-refractivity contribution is 0.101. The SMILES string of the molecule is N#Cc1c(F)ccc(C(=O)CCl)c1O. The van der Waals surface area contributed by atoms with Crippen LogP contribution in [0, 0.1) is 17.1 Å². The van der Waals surface area contributed by atoms with Crippen molar-refractivity contribution in [3.63, 3.8) is 0 Å². The van der Waals surface area contributed by atoms with Gasteiger partial charge in [-0.25, -0.2) is 4.39 Å². The van der Waals surface area contributed by atoms with Gasteiger partial charge in [-0.15, -0.1) is 11.6 Å². The standard InChI is InChI=1S/C9H5ClFNO2/c10-3-8(13)5-1-2-7(11)6(4-12)9(5)14/h1-2,14H,3H2. The highest BCUT2D eigenvalue weighted by Gasteiger charge is 2.16. The number of nitrogens with zero attached hydrogens (tertiary/aromatic N) is 1. The highest BCUT2D eigenvalue weighted by atomic mass is 35.5. The van der Waals surface area contributed by atoms with E-state index in [9.17, 15) is 14.3 Å². The van der Waals surface area contributed by atoms with Crippen molar-refractivity contribution in [2.75, 3.05) is 5.88 Å². The molecule has 0 radical (unpaired) electrons. The van der Waals surface area contributed by atoms with Crippen molar-refractivity contribution in [1.29, 1.82) is 5.26 Å². The number of alkyl halides is 1. The van der Waals surface area contributed by atoms with Crippen LogP contribution < -0.4 is 0 Å². The topological polar surface area (TPSA) is 61.1 Å². The molecule has 0 aliphatic heterocycles. The molecule has 0 saturated carbocycles. The maximum absolute atomic E-state index is 12.9. The van der Waals surface area contributed by atoms with Crippen molar-refractivity contribution in [2.24, 2.45) is 0 Å². The number of hydrogen-bond acceptors (Lipinski definition) is 3. The van der Waals surface area contributed by atoms with Crippen LogP contribution in [0.5, 0.6) is 5.75 Å². The average Bonchev–Trinajstić information content (AvgIpc) is 2.18. The summed E-state index contributed by atoms with van der Waals surface area (Å²) in [6, 6.07) is 3.50. The molecule has 0 aliphatic carbocycles. The van der Waals surface area contributed by atoms with Crippen LogP contribution in [0.3, 0.4) is 0 Å². The fraction of sp³-hybridized carbons (Fsp3) is 0.111. The van der Waals surface area contributed by atoms with Crippen molar-refractivity contribution < 1.29 is 14.3 Å². The number of ketones is 1. The Bertz CT molecular complexity index is 426. The fourth-order valence-electron chi connectivity index (χ4n) is 0.970. The van der Waals surface area contributed by atoms with Crippen molar-refractivity contribution in [3.05, 3.63) is 29.1 Å². The molecule has 3 nitrogen and oxygen atoms in total. The summed E-state index contributed by atoms with van der Waals surface area (Å²) in [7, 11) is 0. The third-order valence-corrected chi connectivity index (χ3v) is 1.90. The first-order chi connectivity index (χ1) is 6.61. The van der Waals surface area contributed by atoms with Crippen LogP contribution in [-0.4, -0.2) is 16.8 Å². The molecule has 1 aromatic carbocycles. The third-order valence-electron chi connectivity index (χ3n) is 1.66. The lowest BCUT2D eigenvalue weighted by Crippen LogP contribution is -2.02. The average molecular weight is 214 g/mol. The van der Waals surface area contributed by atoms with Crippen molar-refractivity contribution in [1.82, 2.24) is 0 Å². The molecule has 0 spiro atoms. The largest absolute Gasteiger partial charge is 0.506 e. The molecule has 0 saturated heterocycles. The summed E-state index contributed by atoms with van der Waals surface area (Å²) in [4.78, 5) is 11.1. The number of halogens is 2. The zero-order valence-corrected chi connectivity index (χ0v) is 7.68. The van der Waals surface area contributed by atoms with E-state index in [1.165, 1.54) is 6.07 Å². The highest BCUT2D eigenvalue weighted by molar-refractivity contribution is 6.30. The summed E-state index contributed by atoms with van der Waals surface area (Å²) in [5.74, 6) is -2.40. The molecule has 0 aliphatic rings. The number of rotatable bonds is 2. The molecule has 1 N–H and O–H groups in total. The van der Waals surface area contributed by atoms with Crippen molar-refractivity contribution in [3.8, 4) is 11.8 Å². The van der Waals surface area contributed by atoms with E-state index < -0.39 is 22.9 Å². The summed E-state index contributed by atoms with van der Waals surface area (Å²) in [5.41, 5.74) is -0.682. The second-order valence-electron chi connectivity index (χ2n) is 2.49. The van der Waals surface area contributed by atoms with Gasteiger partial charge in [-0.2, -0.15) is 5.26 Å². The van der Waals surface area contributed by atoms with Crippen LogP contribution in [0.4, 0.5) is 4.39 Å². The Hall–Kier alpha value is -1.60. The van der Waals surface area contributed by atoms with E-state index in [0.29, 0.717) is 0 Å². The second kappa shape index (κ2) is 4.07. The highest BCUT2D eigenvalue weighted by Crippen LogP contribution is 2.25. The molecule has 0 bridgehead atoms. The van der Waals surface area contributed by atoms with Crippen LogP contribution in [0.25, 0.3) is 0 Å². The fourth-order valence-corrected chi connectivity index (χ4v) is 1.11. The Labute approximate surface area is 84.3 Å². The van der Waals surface area contributed by atoms with Gasteiger partial charge in [0.15, 0.2) is 5.78 Å².